The van der Waals surface area contributed by atoms with Crippen LogP contribution in [0, 0.1) is 0 Å². The van der Waals surface area contributed by atoms with Crippen molar-refractivity contribution in [1.29, 1.82) is 0 Å². The molecule has 2 rings (SSSR count). The van der Waals surface area contributed by atoms with Crippen molar-refractivity contribution in [3.05, 3.63) is 65.2 Å². The molecule has 0 aromatic heterocycles. The van der Waals surface area contributed by atoms with Gasteiger partial charge in [-0.25, -0.2) is 8.42 Å². The van der Waals surface area contributed by atoms with E-state index in [9.17, 15) is 26.4 Å². The Bertz CT molecular complexity index is 859. The van der Waals surface area contributed by atoms with Crippen LogP contribution in [0.4, 0.5) is 13.2 Å². The highest BCUT2D eigenvalue weighted by Gasteiger charge is 2.29. The van der Waals surface area contributed by atoms with Gasteiger partial charge < -0.3 is 5.32 Å². The predicted molar refractivity (Wildman–Crippen MR) is 87.0 cm³/mol. The van der Waals surface area contributed by atoms with Crippen molar-refractivity contribution in [2.75, 3.05) is 12.8 Å². The standard InChI is InChI=1S/C17H16F3NO3S/c1-25(23,24)15-4-2-3-13(11-15)16(22)21-10-9-12-5-7-14(8-6-12)17(18,19)20/h2-8,11H,9-10H2,1H3,(H,21,22). The van der Waals surface area contributed by atoms with Crippen LogP contribution in [0.2, 0.25) is 0 Å². The van der Waals surface area contributed by atoms with Crippen LogP contribution in [0.5, 0.6) is 0 Å². The minimum Gasteiger partial charge on any atom is -0.352 e. The average molecular weight is 371 g/mol. The molecule has 0 saturated carbocycles. The van der Waals surface area contributed by atoms with E-state index in [1.807, 2.05) is 0 Å². The topological polar surface area (TPSA) is 63.2 Å². The number of hydrogen-bond acceptors (Lipinski definition) is 3. The number of rotatable bonds is 5. The normalized spacial score (nSPS) is 12.0. The molecule has 0 radical (unpaired) electrons. The van der Waals surface area contributed by atoms with Crippen molar-refractivity contribution in [1.82, 2.24) is 5.32 Å². The van der Waals surface area contributed by atoms with Crippen LogP contribution in [-0.2, 0) is 22.4 Å². The van der Waals surface area contributed by atoms with Crippen molar-refractivity contribution in [2.24, 2.45) is 0 Å². The number of sulfone groups is 1. The second kappa shape index (κ2) is 7.26. The van der Waals surface area contributed by atoms with Crippen LogP contribution >= 0.6 is 0 Å². The summed E-state index contributed by atoms with van der Waals surface area (Å²) in [5.41, 5.74) is 0.131. The molecule has 0 aliphatic rings. The maximum absolute atomic E-state index is 12.5. The summed E-state index contributed by atoms with van der Waals surface area (Å²) in [7, 11) is -3.41. The number of nitrogens with one attached hydrogen (secondary N) is 1. The molecule has 1 N–H and O–H groups in total. The molecule has 0 atom stereocenters. The van der Waals surface area contributed by atoms with Crippen molar-refractivity contribution in [3.63, 3.8) is 0 Å². The molecule has 0 unspecified atom stereocenters. The minimum absolute atomic E-state index is 0.0443. The number of hydrogen-bond donors (Lipinski definition) is 1. The summed E-state index contributed by atoms with van der Waals surface area (Å²) >= 11 is 0. The Labute approximate surface area is 143 Å². The van der Waals surface area contributed by atoms with Gasteiger partial charge in [-0.05, 0) is 42.3 Å². The number of carbonyl (C=O) groups excluding carboxylic acids is 1. The van der Waals surface area contributed by atoms with Gasteiger partial charge in [-0.1, -0.05) is 18.2 Å². The Morgan fingerprint density at radius 1 is 1.08 bits per heavy atom. The second-order valence-corrected chi connectivity index (χ2v) is 7.52. The molecule has 4 nitrogen and oxygen atoms in total. The SMILES string of the molecule is CS(=O)(=O)c1cccc(C(=O)NCCc2ccc(C(F)(F)F)cc2)c1. The third-order valence-electron chi connectivity index (χ3n) is 3.50. The van der Waals surface area contributed by atoms with Gasteiger partial charge in [0.1, 0.15) is 0 Å². The Kier molecular flexibility index (Phi) is 5.52. The molecule has 0 heterocycles. The summed E-state index contributed by atoms with van der Waals surface area (Å²) < 4.78 is 60.4. The molecule has 134 valence electrons. The van der Waals surface area contributed by atoms with Crippen LogP contribution in [0.25, 0.3) is 0 Å². The van der Waals surface area contributed by atoms with Crippen molar-refractivity contribution in [3.8, 4) is 0 Å². The summed E-state index contributed by atoms with van der Waals surface area (Å²) in [4.78, 5) is 12.1. The maximum Gasteiger partial charge on any atom is 0.416 e. The molecule has 2 aromatic rings. The van der Waals surface area contributed by atoms with Crippen molar-refractivity contribution in [2.45, 2.75) is 17.5 Å². The fourth-order valence-corrected chi connectivity index (χ4v) is 2.82. The molecule has 0 saturated heterocycles. The highest BCUT2D eigenvalue weighted by atomic mass is 32.2. The summed E-state index contributed by atoms with van der Waals surface area (Å²) in [6.07, 6.45) is -2.97. The van der Waals surface area contributed by atoms with Gasteiger partial charge in [0.05, 0.1) is 10.5 Å². The number of carbonyl (C=O) groups is 1. The van der Waals surface area contributed by atoms with Gasteiger partial charge in [0.25, 0.3) is 5.91 Å². The summed E-state index contributed by atoms with van der Waals surface area (Å²) in [5, 5.41) is 2.61. The van der Waals surface area contributed by atoms with Gasteiger partial charge in [0.15, 0.2) is 9.84 Å². The zero-order valence-electron chi connectivity index (χ0n) is 13.3. The Morgan fingerprint density at radius 2 is 1.72 bits per heavy atom. The van der Waals surface area contributed by atoms with E-state index in [-0.39, 0.29) is 17.0 Å². The van der Waals surface area contributed by atoms with Crippen LogP contribution in [0.1, 0.15) is 21.5 Å². The zero-order valence-corrected chi connectivity index (χ0v) is 14.1. The monoisotopic (exact) mass is 371 g/mol. The number of halogens is 3. The van der Waals surface area contributed by atoms with E-state index in [0.29, 0.717) is 12.0 Å². The average Bonchev–Trinajstić information content (AvgIpc) is 2.54. The van der Waals surface area contributed by atoms with E-state index in [1.54, 1.807) is 0 Å². The summed E-state index contributed by atoms with van der Waals surface area (Å²) in [6.45, 7) is 0.216. The smallest absolute Gasteiger partial charge is 0.352 e. The first-order chi connectivity index (χ1) is 11.6. The highest BCUT2D eigenvalue weighted by molar-refractivity contribution is 7.90. The number of amides is 1. The summed E-state index contributed by atoms with van der Waals surface area (Å²) in [6, 6.07) is 10.3. The predicted octanol–water partition coefficient (Wildman–Crippen LogP) is 3.08. The lowest BCUT2D eigenvalue weighted by Crippen LogP contribution is -2.25. The Balaban J connectivity index is 1.95. The molecule has 1 amide bonds. The molecule has 0 spiro atoms. The zero-order chi connectivity index (χ0) is 18.7. The quantitative estimate of drug-likeness (QED) is 0.879. The van der Waals surface area contributed by atoms with Gasteiger partial charge in [0, 0.05) is 18.4 Å². The maximum atomic E-state index is 12.5. The molecule has 2 aromatic carbocycles. The first kappa shape index (κ1) is 19.0. The first-order valence-corrected chi connectivity index (χ1v) is 9.21. The van der Waals surface area contributed by atoms with E-state index < -0.39 is 27.5 Å². The molecular weight excluding hydrogens is 355 g/mol. The summed E-state index contributed by atoms with van der Waals surface area (Å²) in [5.74, 6) is -0.447. The van der Waals surface area contributed by atoms with Crippen LogP contribution < -0.4 is 5.32 Å². The lowest BCUT2D eigenvalue weighted by Gasteiger charge is -2.09. The molecule has 0 fully saturated rings. The van der Waals surface area contributed by atoms with Crippen molar-refractivity contribution < 1.29 is 26.4 Å². The third-order valence-corrected chi connectivity index (χ3v) is 4.62. The molecule has 0 aliphatic carbocycles. The van der Waals surface area contributed by atoms with Gasteiger partial charge in [-0.15, -0.1) is 0 Å². The fourth-order valence-electron chi connectivity index (χ4n) is 2.15. The molecule has 0 aliphatic heterocycles. The lowest BCUT2D eigenvalue weighted by molar-refractivity contribution is -0.137. The first-order valence-electron chi connectivity index (χ1n) is 7.32. The van der Waals surface area contributed by atoms with E-state index in [1.165, 1.54) is 36.4 Å². The fraction of sp³-hybridized carbons (Fsp3) is 0.235. The highest BCUT2D eigenvalue weighted by Crippen LogP contribution is 2.29. The van der Waals surface area contributed by atoms with Crippen LogP contribution in [-0.4, -0.2) is 27.1 Å². The molecule has 8 heteroatoms. The van der Waals surface area contributed by atoms with Gasteiger partial charge in [-0.2, -0.15) is 13.2 Å². The third kappa shape index (κ3) is 5.32. The van der Waals surface area contributed by atoms with Gasteiger partial charge >= 0.3 is 6.18 Å². The molecular formula is C17H16F3NO3S. The lowest BCUT2D eigenvalue weighted by atomic mass is 10.1. The van der Waals surface area contributed by atoms with Crippen molar-refractivity contribution >= 4 is 15.7 Å². The van der Waals surface area contributed by atoms with E-state index >= 15 is 0 Å². The van der Waals surface area contributed by atoms with Gasteiger partial charge in [0.2, 0.25) is 0 Å². The number of alkyl halides is 3. The van der Waals surface area contributed by atoms with E-state index in [0.717, 1.165) is 18.4 Å². The van der Waals surface area contributed by atoms with Crippen LogP contribution in [0.15, 0.2) is 53.4 Å². The van der Waals surface area contributed by atoms with Crippen LogP contribution in [0.3, 0.4) is 0 Å². The van der Waals surface area contributed by atoms with E-state index in [4.69, 9.17) is 0 Å². The van der Waals surface area contributed by atoms with E-state index in [2.05, 4.69) is 5.32 Å². The minimum atomic E-state index is -4.38. The Hall–Kier alpha value is -2.35. The number of benzene rings is 2. The van der Waals surface area contributed by atoms with Gasteiger partial charge in [-0.3, -0.25) is 4.79 Å². The Morgan fingerprint density at radius 3 is 2.28 bits per heavy atom. The molecule has 25 heavy (non-hydrogen) atoms. The second-order valence-electron chi connectivity index (χ2n) is 5.50. The largest absolute Gasteiger partial charge is 0.416 e. The molecule has 0 bridgehead atoms.